The molecule has 0 radical (unpaired) electrons. The number of nitrogens with one attached hydrogen (secondary N) is 1. The van der Waals surface area contributed by atoms with Crippen molar-refractivity contribution in [2.45, 2.75) is 45.3 Å². The Morgan fingerprint density at radius 2 is 1.82 bits per heavy atom. The summed E-state index contributed by atoms with van der Waals surface area (Å²) in [5.41, 5.74) is 0.883. The number of carbonyl (C=O) groups excluding carboxylic acids is 2. The van der Waals surface area contributed by atoms with Crippen molar-refractivity contribution in [1.29, 1.82) is 0 Å². The molecule has 0 aliphatic carbocycles. The van der Waals surface area contributed by atoms with Gasteiger partial charge in [0.15, 0.2) is 0 Å². The molecule has 2 aliphatic rings. The van der Waals surface area contributed by atoms with Gasteiger partial charge in [-0.2, -0.15) is 0 Å². The highest BCUT2D eigenvalue weighted by Gasteiger charge is 2.26. The van der Waals surface area contributed by atoms with E-state index in [0.717, 1.165) is 18.5 Å². The number of amides is 2. The van der Waals surface area contributed by atoms with E-state index >= 15 is 0 Å². The molecule has 1 N–H and O–H groups in total. The van der Waals surface area contributed by atoms with Crippen molar-refractivity contribution in [1.82, 2.24) is 15.2 Å². The minimum atomic E-state index is -0.487. The van der Waals surface area contributed by atoms with Gasteiger partial charge in [-0.1, -0.05) is 0 Å². The zero-order valence-electron chi connectivity index (χ0n) is 16.9. The van der Waals surface area contributed by atoms with E-state index in [2.05, 4.69) is 15.2 Å². The van der Waals surface area contributed by atoms with Crippen LogP contribution in [0.25, 0.3) is 0 Å². The summed E-state index contributed by atoms with van der Waals surface area (Å²) in [5, 5.41) is 3.02. The van der Waals surface area contributed by atoms with Crippen molar-refractivity contribution in [3.05, 3.63) is 24.0 Å². The van der Waals surface area contributed by atoms with E-state index in [-0.39, 0.29) is 18.0 Å². The van der Waals surface area contributed by atoms with Crippen LogP contribution >= 0.6 is 0 Å². The van der Waals surface area contributed by atoms with Gasteiger partial charge in [-0.3, -0.25) is 4.79 Å². The van der Waals surface area contributed by atoms with E-state index < -0.39 is 5.60 Å². The third-order valence-corrected chi connectivity index (χ3v) is 4.83. The van der Waals surface area contributed by atoms with E-state index in [1.807, 2.05) is 26.8 Å². The Kier molecular flexibility index (Phi) is 6.39. The Balaban J connectivity index is 1.50. The first-order valence-electron chi connectivity index (χ1n) is 9.89. The van der Waals surface area contributed by atoms with Crippen LogP contribution in [0.15, 0.2) is 18.3 Å². The molecular formula is C20H30N4O4. The lowest BCUT2D eigenvalue weighted by Gasteiger charge is -2.36. The number of carbonyl (C=O) groups is 2. The lowest BCUT2D eigenvalue weighted by atomic mass is 10.1. The first-order chi connectivity index (χ1) is 13.3. The molecule has 0 bridgehead atoms. The van der Waals surface area contributed by atoms with Gasteiger partial charge in [-0.25, -0.2) is 9.78 Å². The Labute approximate surface area is 166 Å². The van der Waals surface area contributed by atoms with Crippen LogP contribution in [0, 0.1) is 0 Å². The molecule has 8 heteroatoms. The van der Waals surface area contributed by atoms with Crippen molar-refractivity contribution in [2.75, 3.05) is 44.3 Å². The normalized spacial score (nSPS) is 18.7. The van der Waals surface area contributed by atoms with Crippen LogP contribution in [0.4, 0.5) is 10.5 Å². The Hall–Kier alpha value is -2.35. The number of hydrogen-bond acceptors (Lipinski definition) is 6. The third kappa shape index (κ3) is 5.58. The van der Waals surface area contributed by atoms with E-state index in [1.165, 1.54) is 0 Å². The topological polar surface area (TPSA) is 84.0 Å². The monoisotopic (exact) mass is 390 g/mol. The van der Waals surface area contributed by atoms with Gasteiger partial charge in [-0.15, -0.1) is 0 Å². The second-order valence-corrected chi connectivity index (χ2v) is 8.22. The molecule has 3 heterocycles. The van der Waals surface area contributed by atoms with E-state index in [4.69, 9.17) is 9.47 Å². The molecule has 2 amide bonds. The molecule has 2 saturated heterocycles. The summed E-state index contributed by atoms with van der Waals surface area (Å²) in [6.07, 6.45) is 3.13. The van der Waals surface area contributed by atoms with E-state index in [0.29, 0.717) is 45.1 Å². The van der Waals surface area contributed by atoms with Gasteiger partial charge in [0, 0.05) is 45.4 Å². The summed E-state index contributed by atoms with van der Waals surface area (Å²) >= 11 is 0. The average Bonchev–Trinajstić information content (AvgIpc) is 2.68. The number of piperazine rings is 1. The van der Waals surface area contributed by atoms with Crippen LogP contribution in [-0.2, 0) is 9.47 Å². The fourth-order valence-corrected chi connectivity index (χ4v) is 3.28. The van der Waals surface area contributed by atoms with Crippen molar-refractivity contribution in [3.63, 3.8) is 0 Å². The number of aromatic nitrogens is 1. The second-order valence-electron chi connectivity index (χ2n) is 8.22. The lowest BCUT2D eigenvalue weighted by molar-refractivity contribution is 0.0240. The highest BCUT2D eigenvalue weighted by Crippen LogP contribution is 2.18. The molecule has 8 nitrogen and oxygen atoms in total. The molecule has 3 rings (SSSR count). The molecule has 0 aromatic carbocycles. The SMILES string of the molecule is CC(C)(C)OC(=O)N1CCN(c2ccc(C(=O)NC3CCOCC3)nc2)CC1. The summed E-state index contributed by atoms with van der Waals surface area (Å²) in [5.74, 6) is -0.145. The zero-order valence-corrected chi connectivity index (χ0v) is 16.9. The summed E-state index contributed by atoms with van der Waals surface area (Å²) in [6, 6.07) is 3.82. The zero-order chi connectivity index (χ0) is 20.1. The van der Waals surface area contributed by atoms with E-state index in [9.17, 15) is 9.59 Å². The van der Waals surface area contributed by atoms with Gasteiger partial charge in [0.05, 0.1) is 11.9 Å². The maximum absolute atomic E-state index is 12.3. The van der Waals surface area contributed by atoms with Gasteiger partial charge in [0.25, 0.3) is 5.91 Å². The third-order valence-electron chi connectivity index (χ3n) is 4.83. The fourth-order valence-electron chi connectivity index (χ4n) is 3.28. The number of ether oxygens (including phenoxy) is 2. The Bertz CT molecular complexity index is 672. The van der Waals surface area contributed by atoms with Gasteiger partial charge in [0.1, 0.15) is 11.3 Å². The van der Waals surface area contributed by atoms with Crippen LogP contribution < -0.4 is 10.2 Å². The number of hydrogen-bond donors (Lipinski definition) is 1. The quantitative estimate of drug-likeness (QED) is 0.850. The molecule has 2 aliphatic heterocycles. The van der Waals surface area contributed by atoms with Crippen molar-refractivity contribution in [2.24, 2.45) is 0 Å². The number of rotatable bonds is 3. The molecule has 0 spiro atoms. The standard InChI is InChI=1S/C20H30N4O4/c1-20(2,3)28-19(26)24-10-8-23(9-11-24)16-4-5-17(21-14-16)18(25)22-15-6-12-27-13-7-15/h4-5,14-15H,6-13H2,1-3H3,(H,22,25). The van der Waals surface area contributed by atoms with Gasteiger partial charge in [-0.05, 0) is 45.7 Å². The molecule has 1 aromatic heterocycles. The highest BCUT2D eigenvalue weighted by atomic mass is 16.6. The molecule has 1 aromatic rings. The highest BCUT2D eigenvalue weighted by molar-refractivity contribution is 5.92. The van der Waals surface area contributed by atoms with Crippen LogP contribution in [0.1, 0.15) is 44.1 Å². The minimum absolute atomic E-state index is 0.145. The maximum atomic E-state index is 12.3. The summed E-state index contributed by atoms with van der Waals surface area (Å²) in [7, 11) is 0. The number of pyridine rings is 1. The van der Waals surface area contributed by atoms with Gasteiger partial charge < -0.3 is 24.6 Å². The Morgan fingerprint density at radius 3 is 2.39 bits per heavy atom. The predicted octanol–water partition coefficient (Wildman–Crippen LogP) is 2.05. The molecule has 0 unspecified atom stereocenters. The summed E-state index contributed by atoms with van der Waals surface area (Å²) < 4.78 is 10.7. The van der Waals surface area contributed by atoms with Crippen LogP contribution in [0.3, 0.4) is 0 Å². The molecular weight excluding hydrogens is 360 g/mol. The van der Waals surface area contributed by atoms with E-state index in [1.54, 1.807) is 17.2 Å². The minimum Gasteiger partial charge on any atom is -0.444 e. The Morgan fingerprint density at radius 1 is 1.14 bits per heavy atom. The van der Waals surface area contributed by atoms with Crippen LogP contribution in [0.5, 0.6) is 0 Å². The van der Waals surface area contributed by atoms with Crippen molar-refractivity contribution < 1.29 is 19.1 Å². The summed E-state index contributed by atoms with van der Waals surface area (Å²) in [4.78, 5) is 32.7. The molecule has 0 atom stereocenters. The fraction of sp³-hybridized carbons (Fsp3) is 0.650. The molecule has 154 valence electrons. The smallest absolute Gasteiger partial charge is 0.410 e. The maximum Gasteiger partial charge on any atom is 0.410 e. The second kappa shape index (κ2) is 8.77. The largest absolute Gasteiger partial charge is 0.444 e. The van der Waals surface area contributed by atoms with Crippen molar-refractivity contribution >= 4 is 17.7 Å². The summed E-state index contributed by atoms with van der Waals surface area (Å²) in [6.45, 7) is 9.58. The molecule has 0 saturated carbocycles. The first kappa shape index (κ1) is 20.4. The van der Waals surface area contributed by atoms with Crippen molar-refractivity contribution in [3.8, 4) is 0 Å². The van der Waals surface area contributed by atoms with Gasteiger partial charge >= 0.3 is 6.09 Å². The number of anilines is 1. The molecule has 28 heavy (non-hydrogen) atoms. The van der Waals surface area contributed by atoms with Crippen LogP contribution in [0.2, 0.25) is 0 Å². The number of nitrogens with zero attached hydrogens (tertiary/aromatic N) is 3. The predicted molar refractivity (Wildman–Crippen MR) is 106 cm³/mol. The average molecular weight is 390 g/mol. The molecule has 2 fully saturated rings. The van der Waals surface area contributed by atoms with Crippen LogP contribution in [-0.4, -0.2) is 72.9 Å². The first-order valence-corrected chi connectivity index (χ1v) is 9.89. The van der Waals surface area contributed by atoms with Gasteiger partial charge in [0.2, 0.25) is 0 Å². The lowest BCUT2D eigenvalue weighted by Crippen LogP contribution is -2.50.